The van der Waals surface area contributed by atoms with Gasteiger partial charge in [-0.2, -0.15) is 4.31 Å². The Balaban J connectivity index is 2.05. The molecule has 28 heavy (non-hydrogen) atoms. The molecule has 0 fully saturated rings. The summed E-state index contributed by atoms with van der Waals surface area (Å²) in [6, 6.07) is 13.9. The van der Waals surface area contributed by atoms with Gasteiger partial charge in [0.15, 0.2) is 0 Å². The third kappa shape index (κ3) is 5.33. The van der Waals surface area contributed by atoms with Crippen molar-refractivity contribution in [2.24, 2.45) is 0 Å². The van der Waals surface area contributed by atoms with Crippen LogP contribution in [-0.4, -0.2) is 56.8 Å². The van der Waals surface area contributed by atoms with Crippen molar-refractivity contribution in [3.05, 3.63) is 59.7 Å². The number of carbonyl (C=O) groups is 1. The number of benzene rings is 2. The molecule has 0 atom stereocenters. The Bertz CT molecular complexity index is 908. The van der Waals surface area contributed by atoms with E-state index in [0.717, 1.165) is 11.3 Å². The summed E-state index contributed by atoms with van der Waals surface area (Å²) in [4.78, 5) is 14.3. The maximum absolute atomic E-state index is 12.7. The highest BCUT2D eigenvalue weighted by molar-refractivity contribution is 7.89. The molecule has 1 amide bonds. The van der Waals surface area contributed by atoms with Crippen LogP contribution in [0.25, 0.3) is 0 Å². The van der Waals surface area contributed by atoms with Crippen LogP contribution in [0.5, 0.6) is 5.75 Å². The van der Waals surface area contributed by atoms with E-state index >= 15 is 0 Å². The van der Waals surface area contributed by atoms with Crippen LogP contribution in [-0.2, 0) is 10.0 Å². The Labute approximate surface area is 167 Å². The second-order valence-electron chi connectivity index (χ2n) is 6.51. The van der Waals surface area contributed by atoms with Crippen LogP contribution in [0.3, 0.4) is 0 Å². The Morgan fingerprint density at radius 1 is 1.04 bits per heavy atom. The molecule has 0 aromatic heterocycles. The monoisotopic (exact) mass is 404 g/mol. The van der Waals surface area contributed by atoms with Crippen molar-refractivity contribution >= 4 is 15.9 Å². The largest absolute Gasteiger partial charge is 0.492 e. The number of ether oxygens (including phenoxy) is 1. The molecule has 2 aromatic carbocycles. The zero-order chi connectivity index (χ0) is 20.7. The number of likely N-dealkylation sites (N-methyl/N-ethyl adjacent to an activating group) is 1. The van der Waals surface area contributed by atoms with Crippen LogP contribution in [0.1, 0.15) is 29.8 Å². The van der Waals surface area contributed by atoms with Crippen LogP contribution in [0.2, 0.25) is 0 Å². The van der Waals surface area contributed by atoms with Gasteiger partial charge in [0.25, 0.3) is 5.91 Å². The van der Waals surface area contributed by atoms with Crippen molar-refractivity contribution in [3.8, 4) is 5.75 Å². The number of amides is 1. The molecule has 2 rings (SSSR count). The summed E-state index contributed by atoms with van der Waals surface area (Å²) in [7, 11) is -1.93. The molecule has 0 spiro atoms. The highest BCUT2D eigenvalue weighted by atomic mass is 32.2. The van der Waals surface area contributed by atoms with Crippen LogP contribution >= 0.6 is 0 Å². The van der Waals surface area contributed by atoms with Gasteiger partial charge in [-0.3, -0.25) is 4.79 Å². The third-order valence-electron chi connectivity index (χ3n) is 4.46. The third-order valence-corrected chi connectivity index (χ3v) is 6.50. The van der Waals surface area contributed by atoms with Crippen molar-refractivity contribution < 1.29 is 17.9 Å². The minimum Gasteiger partial charge on any atom is -0.492 e. The highest BCUT2D eigenvalue weighted by Crippen LogP contribution is 2.18. The van der Waals surface area contributed by atoms with Gasteiger partial charge in [-0.25, -0.2) is 8.42 Å². The van der Waals surface area contributed by atoms with E-state index in [1.54, 1.807) is 33.0 Å². The van der Waals surface area contributed by atoms with Gasteiger partial charge in [0.05, 0.1) is 11.4 Å². The molecule has 7 heteroatoms. The molecule has 0 N–H and O–H groups in total. The fourth-order valence-corrected chi connectivity index (χ4v) is 4.33. The van der Waals surface area contributed by atoms with Crippen LogP contribution in [0.15, 0.2) is 53.4 Å². The van der Waals surface area contributed by atoms with Crippen molar-refractivity contribution in [1.82, 2.24) is 9.21 Å². The summed E-state index contributed by atoms with van der Waals surface area (Å²) >= 11 is 0. The van der Waals surface area contributed by atoms with Crippen LogP contribution < -0.4 is 4.74 Å². The molecule has 0 radical (unpaired) electrons. The smallest absolute Gasteiger partial charge is 0.253 e. The quantitative estimate of drug-likeness (QED) is 0.644. The highest BCUT2D eigenvalue weighted by Gasteiger charge is 2.23. The molecule has 0 saturated heterocycles. The van der Waals surface area contributed by atoms with Gasteiger partial charge in [0.1, 0.15) is 12.4 Å². The topological polar surface area (TPSA) is 66.9 Å². The molecule has 0 aliphatic carbocycles. The lowest BCUT2D eigenvalue weighted by atomic mass is 10.2. The normalized spacial score (nSPS) is 11.5. The lowest BCUT2D eigenvalue weighted by Gasteiger charge is -2.20. The second kappa shape index (κ2) is 9.71. The van der Waals surface area contributed by atoms with E-state index in [-0.39, 0.29) is 10.8 Å². The average Bonchev–Trinajstić information content (AvgIpc) is 2.68. The Morgan fingerprint density at radius 2 is 1.71 bits per heavy atom. The fraction of sp³-hybridized carbons (Fsp3) is 0.381. The van der Waals surface area contributed by atoms with E-state index in [2.05, 4.69) is 0 Å². The zero-order valence-electron chi connectivity index (χ0n) is 16.9. The fourth-order valence-electron chi connectivity index (χ4n) is 2.83. The van der Waals surface area contributed by atoms with Crippen LogP contribution in [0.4, 0.5) is 0 Å². The number of carbonyl (C=O) groups excluding carboxylic acids is 1. The summed E-state index contributed by atoms with van der Waals surface area (Å²) in [6.07, 6.45) is 0. The summed E-state index contributed by atoms with van der Waals surface area (Å²) in [6.45, 7) is 7.07. The van der Waals surface area contributed by atoms with E-state index in [4.69, 9.17) is 4.74 Å². The Morgan fingerprint density at radius 3 is 2.36 bits per heavy atom. The summed E-state index contributed by atoms with van der Waals surface area (Å²) in [5.74, 6) is 0.512. The lowest BCUT2D eigenvalue weighted by Crippen LogP contribution is -2.32. The first-order valence-electron chi connectivity index (χ1n) is 9.34. The van der Waals surface area contributed by atoms with E-state index in [9.17, 15) is 13.2 Å². The minimum atomic E-state index is -3.60. The molecule has 6 nitrogen and oxygen atoms in total. The first-order valence-corrected chi connectivity index (χ1v) is 10.8. The summed E-state index contributed by atoms with van der Waals surface area (Å²) in [5.41, 5.74) is 1.44. The molecule has 0 aliphatic heterocycles. The SMILES string of the molecule is CCN(CC)S(=O)(=O)c1cccc(C(=O)N(C)CCOc2cccc(C)c2)c1. The molecule has 0 bridgehead atoms. The molecule has 152 valence electrons. The van der Waals surface area contributed by atoms with Gasteiger partial charge in [-0.1, -0.05) is 32.0 Å². The molecule has 0 aliphatic rings. The summed E-state index contributed by atoms with van der Waals surface area (Å²) in [5, 5.41) is 0. The van der Waals surface area contributed by atoms with Gasteiger partial charge in [0.2, 0.25) is 10.0 Å². The average molecular weight is 405 g/mol. The van der Waals surface area contributed by atoms with E-state index in [1.807, 2.05) is 31.2 Å². The Hall–Kier alpha value is -2.38. The van der Waals surface area contributed by atoms with Gasteiger partial charge in [-0.15, -0.1) is 0 Å². The predicted octanol–water partition coefficient (Wildman–Crippen LogP) is 3.18. The van der Waals surface area contributed by atoms with Crippen molar-refractivity contribution in [2.45, 2.75) is 25.7 Å². The second-order valence-corrected chi connectivity index (χ2v) is 8.45. The number of hydrogen-bond donors (Lipinski definition) is 0. The van der Waals surface area contributed by atoms with Gasteiger partial charge in [0, 0.05) is 25.7 Å². The number of rotatable bonds is 9. The van der Waals surface area contributed by atoms with Gasteiger partial charge in [-0.05, 0) is 42.8 Å². The standard InChI is InChI=1S/C21H28N2O4S/c1-5-23(6-2)28(25,26)20-12-8-10-18(16-20)21(24)22(4)13-14-27-19-11-7-9-17(3)15-19/h7-12,15-16H,5-6,13-14H2,1-4H3. The maximum Gasteiger partial charge on any atom is 0.253 e. The van der Waals surface area contributed by atoms with E-state index < -0.39 is 10.0 Å². The minimum absolute atomic E-state index is 0.131. The maximum atomic E-state index is 12.7. The molecule has 0 saturated carbocycles. The molecular weight excluding hydrogens is 376 g/mol. The molecule has 0 heterocycles. The zero-order valence-corrected chi connectivity index (χ0v) is 17.7. The Kier molecular flexibility index (Phi) is 7.60. The number of aryl methyl sites for hydroxylation is 1. The first-order chi connectivity index (χ1) is 13.3. The number of nitrogens with zero attached hydrogens (tertiary/aromatic N) is 2. The first kappa shape index (κ1) is 21.9. The van der Waals surface area contributed by atoms with Crippen molar-refractivity contribution in [1.29, 1.82) is 0 Å². The lowest BCUT2D eigenvalue weighted by molar-refractivity contribution is 0.0773. The van der Waals surface area contributed by atoms with Gasteiger partial charge < -0.3 is 9.64 Å². The van der Waals surface area contributed by atoms with Crippen LogP contribution in [0, 0.1) is 6.92 Å². The molecular formula is C21H28N2O4S. The van der Waals surface area contributed by atoms with E-state index in [0.29, 0.717) is 31.8 Å². The number of hydrogen-bond acceptors (Lipinski definition) is 4. The predicted molar refractivity (Wildman–Crippen MR) is 110 cm³/mol. The summed E-state index contributed by atoms with van der Waals surface area (Å²) < 4.78 is 32.4. The van der Waals surface area contributed by atoms with Crippen molar-refractivity contribution in [2.75, 3.05) is 33.3 Å². The van der Waals surface area contributed by atoms with E-state index in [1.165, 1.54) is 21.3 Å². The molecule has 0 unspecified atom stereocenters. The number of sulfonamides is 1. The molecule has 2 aromatic rings. The van der Waals surface area contributed by atoms with Crippen molar-refractivity contribution in [3.63, 3.8) is 0 Å². The van der Waals surface area contributed by atoms with Gasteiger partial charge >= 0.3 is 0 Å².